The standard InChI is InChI=1S/C15H23N5O3/c1-10(2)22-9-13-18-14(23-19-13)7-16-12-4-5-21-15(12)11-6-17-20(3)8-11/h6,8,10,12,15-16H,4-5,7,9H2,1-3H3/t12-,15+/m1/s1. The molecule has 23 heavy (non-hydrogen) atoms. The minimum Gasteiger partial charge on any atom is -0.372 e. The van der Waals surface area contributed by atoms with Crippen molar-refractivity contribution in [2.24, 2.45) is 7.05 Å². The summed E-state index contributed by atoms with van der Waals surface area (Å²) < 4.78 is 18.3. The maximum absolute atomic E-state index is 5.82. The summed E-state index contributed by atoms with van der Waals surface area (Å²) in [7, 11) is 1.90. The van der Waals surface area contributed by atoms with E-state index in [0.29, 0.717) is 24.9 Å². The van der Waals surface area contributed by atoms with Gasteiger partial charge in [0.25, 0.3) is 0 Å². The van der Waals surface area contributed by atoms with Crippen LogP contribution in [-0.2, 0) is 29.7 Å². The highest BCUT2D eigenvalue weighted by molar-refractivity contribution is 5.12. The molecule has 3 heterocycles. The number of hydrogen-bond donors (Lipinski definition) is 1. The van der Waals surface area contributed by atoms with Crippen LogP contribution in [0.3, 0.4) is 0 Å². The normalized spacial score (nSPS) is 21.4. The number of nitrogens with zero attached hydrogens (tertiary/aromatic N) is 4. The monoisotopic (exact) mass is 321 g/mol. The summed E-state index contributed by atoms with van der Waals surface area (Å²) >= 11 is 0. The molecule has 2 aromatic heterocycles. The fraction of sp³-hybridized carbons (Fsp3) is 0.667. The summed E-state index contributed by atoms with van der Waals surface area (Å²) in [6.07, 6.45) is 4.93. The van der Waals surface area contributed by atoms with Crippen LogP contribution >= 0.6 is 0 Å². The van der Waals surface area contributed by atoms with Crippen molar-refractivity contribution < 1.29 is 14.0 Å². The van der Waals surface area contributed by atoms with Gasteiger partial charge in [0.1, 0.15) is 12.7 Å². The molecule has 126 valence electrons. The molecule has 3 rings (SSSR count). The van der Waals surface area contributed by atoms with Crippen molar-refractivity contribution in [3.05, 3.63) is 29.7 Å². The molecule has 0 radical (unpaired) electrons. The van der Waals surface area contributed by atoms with Crippen LogP contribution in [0.15, 0.2) is 16.9 Å². The van der Waals surface area contributed by atoms with Crippen LogP contribution in [0.4, 0.5) is 0 Å². The fourth-order valence-corrected chi connectivity index (χ4v) is 2.59. The van der Waals surface area contributed by atoms with Crippen molar-refractivity contribution in [2.45, 2.75) is 51.7 Å². The molecule has 0 aliphatic carbocycles. The molecule has 1 N–H and O–H groups in total. The van der Waals surface area contributed by atoms with Crippen molar-refractivity contribution in [3.8, 4) is 0 Å². The van der Waals surface area contributed by atoms with E-state index in [1.165, 1.54) is 0 Å². The van der Waals surface area contributed by atoms with E-state index < -0.39 is 0 Å². The van der Waals surface area contributed by atoms with Gasteiger partial charge in [-0.1, -0.05) is 5.16 Å². The maximum Gasteiger partial charge on any atom is 0.240 e. The molecule has 0 bridgehead atoms. The van der Waals surface area contributed by atoms with Crippen LogP contribution in [0.1, 0.15) is 43.7 Å². The molecule has 8 nitrogen and oxygen atoms in total. The summed E-state index contributed by atoms with van der Waals surface area (Å²) in [5, 5.41) is 11.6. The highest BCUT2D eigenvalue weighted by atomic mass is 16.5. The Kier molecular flexibility index (Phi) is 5.04. The van der Waals surface area contributed by atoms with Crippen LogP contribution in [0, 0.1) is 0 Å². The molecule has 0 saturated carbocycles. The third-order valence-electron chi connectivity index (χ3n) is 3.72. The Morgan fingerprint density at radius 3 is 3.09 bits per heavy atom. The van der Waals surface area contributed by atoms with Gasteiger partial charge in [0, 0.05) is 31.5 Å². The average molecular weight is 321 g/mol. The van der Waals surface area contributed by atoms with Crippen molar-refractivity contribution in [1.29, 1.82) is 0 Å². The van der Waals surface area contributed by atoms with Gasteiger partial charge in [-0.05, 0) is 20.3 Å². The van der Waals surface area contributed by atoms with Gasteiger partial charge < -0.3 is 19.3 Å². The Bertz CT molecular complexity index is 624. The summed E-state index contributed by atoms with van der Waals surface area (Å²) in [6.45, 7) is 5.56. The first-order valence-electron chi connectivity index (χ1n) is 7.88. The summed E-state index contributed by atoms with van der Waals surface area (Å²) in [6, 6.07) is 0.210. The van der Waals surface area contributed by atoms with E-state index in [9.17, 15) is 0 Å². The summed E-state index contributed by atoms with van der Waals surface area (Å²) in [5.74, 6) is 1.13. The van der Waals surface area contributed by atoms with E-state index >= 15 is 0 Å². The van der Waals surface area contributed by atoms with Gasteiger partial charge >= 0.3 is 0 Å². The second-order valence-electron chi connectivity index (χ2n) is 5.98. The Hall–Kier alpha value is -1.77. The molecule has 0 spiro atoms. The van der Waals surface area contributed by atoms with E-state index in [4.69, 9.17) is 14.0 Å². The number of aromatic nitrogens is 4. The number of rotatable bonds is 7. The second-order valence-corrected chi connectivity index (χ2v) is 5.98. The minimum atomic E-state index is 0.00960. The van der Waals surface area contributed by atoms with Gasteiger partial charge in [-0.25, -0.2) is 0 Å². The number of aryl methyl sites for hydroxylation is 1. The van der Waals surface area contributed by atoms with Gasteiger partial charge in [-0.3, -0.25) is 4.68 Å². The third-order valence-corrected chi connectivity index (χ3v) is 3.72. The Morgan fingerprint density at radius 1 is 1.48 bits per heavy atom. The molecule has 1 aliphatic heterocycles. The van der Waals surface area contributed by atoms with Crippen LogP contribution in [-0.4, -0.2) is 38.7 Å². The molecule has 8 heteroatoms. The first-order chi connectivity index (χ1) is 11.1. The van der Waals surface area contributed by atoms with Gasteiger partial charge in [-0.2, -0.15) is 10.1 Å². The molecule has 1 aliphatic rings. The van der Waals surface area contributed by atoms with E-state index in [1.54, 1.807) is 4.68 Å². The lowest BCUT2D eigenvalue weighted by atomic mass is 10.1. The van der Waals surface area contributed by atoms with E-state index in [2.05, 4.69) is 20.6 Å². The third kappa shape index (κ3) is 4.15. The lowest BCUT2D eigenvalue weighted by Crippen LogP contribution is -2.31. The van der Waals surface area contributed by atoms with Gasteiger partial charge in [0.05, 0.1) is 18.8 Å². The molecule has 2 aromatic rings. The Balaban J connectivity index is 1.53. The zero-order valence-electron chi connectivity index (χ0n) is 13.7. The molecule has 0 unspecified atom stereocenters. The SMILES string of the molecule is CC(C)OCc1noc(CN[C@@H]2CCO[C@H]2c2cnn(C)c2)n1. The van der Waals surface area contributed by atoms with Crippen molar-refractivity contribution in [1.82, 2.24) is 25.2 Å². The van der Waals surface area contributed by atoms with Gasteiger partial charge in [0.15, 0.2) is 5.82 Å². The Morgan fingerprint density at radius 2 is 2.35 bits per heavy atom. The zero-order chi connectivity index (χ0) is 16.2. The number of ether oxygens (including phenoxy) is 2. The molecule has 0 aromatic carbocycles. The van der Waals surface area contributed by atoms with E-state index in [-0.39, 0.29) is 18.2 Å². The van der Waals surface area contributed by atoms with Crippen LogP contribution < -0.4 is 5.32 Å². The van der Waals surface area contributed by atoms with Gasteiger partial charge in [-0.15, -0.1) is 0 Å². The van der Waals surface area contributed by atoms with Crippen LogP contribution in [0.2, 0.25) is 0 Å². The largest absolute Gasteiger partial charge is 0.372 e. The maximum atomic E-state index is 5.82. The smallest absolute Gasteiger partial charge is 0.240 e. The Labute approximate surface area is 135 Å². The van der Waals surface area contributed by atoms with Crippen molar-refractivity contribution in [3.63, 3.8) is 0 Å². The number of hydrogen-bond acceptors (Lipinski definition) is 7. The first-order valence-corrected chi connectivity index (χ1v) is 7.88. The molecule has 1 saturated heterocycles. The van der Waals surface area contributed by atoms with E-state index in [1.807, 2.05) is 33.3 Å². The molecule has 2 atom stereocenters. The fourth-order valence-electron chi connectivity index (χ4n) is 2.59. The molecular formula is C15H23N5O3. The lowest BCUT2D eigenvalue weighted by Gasteiger charge is -2.17. The van der Waals surface area contributed by atoms with Crippen molar-refractivity contribution in [2.75, 3.05) is 6.61 Å². The molecule has 1 fully saturated rings. The number of nitrogens with one attached hydrogen (secondary N) is 1. The van der Waals surface area contributed by atoms with E-state index in [0.717, 1.165) is 18.6 Å². The summed E-state index contributed by atoms with van der Waals surface area (Å²) in [5.41, 5.74) is 1.08. The van der Waals surface area contributed by atoms with Crippen LogP contribution in [0.25, 0.3) is 0 Å². The van der Waals surface area contributed by atoms with Gasteiger partial charge in [0.2, 0.25) is 5.89 Å². The average Bonchev–Trinajstić information content (AvgIpc) is 3.23. The highest BCUT2D eigenvalue weighted by Crippen LogP contribution is 2.28. The zero-order valence-corrected chi connectivity index (χ0v) is 13.7. The molecular weight excluding hydrogens is 298 g/mol. The van der Waals surface area contributed by atoms with Crippen molar-refractivity contribution >= 4 is 0 Å². The predicted molar refractivity (Wildman–Crippen MR) is 81.4 cm³/mol. The molecule has 0 amide bonds. The quantitative estimate of drug-likeness (QED) is 0.823. The predicted octanol–water partition coefficient (Wildman–Crippen LogP) is 1.35. The van der Waals surface area contributed by atoms with Crippen LogP contribution in [0.5, 0.6) is 0 Å². The second kappa shape index (κ2) is 7.20. The lowest BCUT2D eigenvalue weighted by molar-refractivity contribution is 0.0601. The summed E-state index contributed by atoms with van der Waals surface area (Å²) in [4.78, 5) is 4.32. The first kappa shape index (κ1) is 16.1. The highest BCUT2D eigenvalue weighted by Gasteiger charge is 2.30. The topological polar surface area (TPSA) is 87.2 Å². The minimum absolute atomic E-state index is 0.00960.